The molecule has 84 heavy (non-hydrogen) atoms. The Hall–Kier alpha value is -11.3. The first kappa shape index (κ1) is 50.9. The molecule has 0 aliphatic carbocycles. The van der Waals surface area contributed by atoms with Crippen molar-refractivity contribution >= 4 is 101 Å². The normalized spacial score (nSPS) is 11.1. The zero-order chi connectivity index (χ0) is 56.0. The molecule has 0 amide bonds. The molecule has 14 rings (SSSR count). The molecular weight excluding hydrogens is 1020 g/mol. The molecular formula is C78H56N4O2. The first-order chi connectivity index (χ1) is 41.6. The minimum Gasteiger partial charge on any atom is -0.457 e. The average molecular weight is 1080 g/mol. The molecule has 0 heterocycles. The third kappa shape index (κ3) is 10.4. The number of anilines is 12. The van der Waals surface area contributed by atoms with Crippen molar-refractivity contribution in [1.29, 1.82) is 0 Å². The van der Waals surface area contributed by atoms with Gasteiger partial charge in [0.2, 0.25) is 0 Å². The SMILES string of the molecule is c1ccc(Oc2cc(N(c3ccccc3)c3ccccc3)cc(N(c3ccccc3)c3ccc4c5ccccc5c5ccc(N(c6ccccc6)c6cc(Oc7ccccc7)cc(N(c7ccccc7)c7ccccc7)c6)cc5c4c3)c2)cc1. The molecule has 0 aliphatic heterocycles. The van der Waals surface area contributed by atoms with Crippen LogP contribution in [-0.2, 0) is 0 Å². The van der Waals surface area contributed by atoms with Crippen LogP contribution in [0.15, 0.2) is 340 Å². The van der Waals surface area contributed by atoms with Crippen LogP contribution in [0.2, 0.25) is 0 Å². The highest BCUT2D eigenvalue weighted by Crippen LogP contribution is 2.48. The number of nitrogens with zero attached hydrogens (tertiary/aromatic N) is 4. The first-order valence-corrected chi connectivity index (χ1v) is 28.3. The van der Waals surface area contributed by atoms with E-state index in [9.17, 15) is 0 Å². The molecule has 400 valence electrons. The fourth-order valence-electron chi connectivity index (χ4n) is 11.5. The highest BCUT2D eigenvalue weighted by Gasteiger charge is 2.24. The lowest BCUT2D eigenvalue weighted by atomic mass is 9.93. The second kappa shape index (κ2) is 23.0. The van der Waals surface area contributed by atoms with Crippen molar-refractivity contribution in [2.45, 2.75) is 0 Å². The molecule has 14 aromatic rings. The predicted molar refractivity (Wildman–Crippen MR) is 351 cm³/mol. The molecule has 0 saturated heterocycles. The van der Waals surface area contributed by atoms with Gasteiger partial charge in [-0.15, -0.1) is 0 Å². The Bertz CT molecular complexity index is 4170. The van der Waals surface area contributed by atoms with Gasteiger partial charge in [0.05, 0.1) is 22.7 Å². The molecule has 0 fully saturated rings. The molecule has 14 aromatic carbocycles. The Morgan fingerprint density at radius 3 is 0.643 bits per heavy atom. The zero-order valence-electron chi connectivity index (χ0n) is 45.9. The summed E-state index contributed by atoms with van der Waals surface area (Å²) in [4.78, 5) is 9.28. The van der Waals surface area contributed by atoms with Gasteiger partial charge in [0.1, 0.15) is 23.0 Å². The van der Waals surface area contributed by atoms with Gasteiger partial charge in [-0.05, 0) is 166 Å². The van der Waals surface area contributed by atoms with Crippen LogP contribution in [0.5, 0.6) is 23.0 Å². The molecule has 0 N–H and O–H groups in total. The summed E-state index contributed by atoms with van der Waals surface area (Å²) < 4.78 is 13.6. The van der Waals surface area contributed by atoms with Gasteiger partial charge in [-0.3, -0.25) is 0 Å². The van der Waals surface area contributed by atoms with Crippen LogP contribution in [0.25, 0.3) is 32.3 Å². The monoisotopic (exact) mass is 1080 g/mol. The van der Waals surface area contributed by atoms with Gasteiger partial charge in [0.25, 0.3) is 0 Å². The van der Waals surface area contributed by atoms with Crippen LogP contribution in [0.1, 0.15) is 0 Å². The third-order valence-electron chi connectivity index (χ3n) is 15.1. The molecule has 0 unspecified atom stereocenters. The van der Waals surface area contributed by atoms with Gasteiger partial charge < -0.3 is 29.1 Å². The van der Waals surface area contributed by atoms with E-state index in [4.69, 9.17) is 9.47 Å². The highest BCUT2D eigenvalue weighted by atomic mass is 16.5. The smallest absolute Gasteiger partial charge is 0.131 e. The van der Waals surface area contributed by atoms with Gasteiger partial charge >= 0.3 is 0 Å². The minimum absolute atomic E-state index is 0.700. The number of rotatable bonds is 16. The molecule has 6 nitrogen and oxygen atoms in total. The largest absolute Gasteiger partial charge is 0.457 e. The van der Waals surface area contributed by atoms with Crippen LogP contribution in [0, 0.1) is 0 Å². The predicted octanol–water partition coefficient (Wildman–Crippen LogP) is 22.6. The number of hydrogen-bond acceptors (Lipinski definition) is 6. The van der Waals surface area contributed by atoms with E-state index in [0.29, 0.717) is 11.5 Å². The van der Waals surface area contributed by atoms with Crippen molar-refractivity contribution in [3.63, 3.8) is 0 Å². The van der Waals surface area contributed by atoms with E-state index in [1.807, 2.05) is 60.7 Å². The van der Waals surface area contributed by atoms with Crippen LogP contribution in [0.3, 0.4) is 0 Å². The Kier molecular flexibility index (Phi) is 13.9. The topological polar surface area (TPSA) is 31.4 Å². The first-order valence-electron chi connectivity index (χ1n) is 28.3. The van der Waals surface area contributed by atoms with Gasteiger partial charge in [-0.1, -0.05) is 182 Å². The van der Waals surface area contributed by atoms with E-state index in [-0.39, 0.29) is 0 Å². The number of para-hydroxylation sites is 8. The van der Waals surface area contributed by atoms with Crippen LogP contribution in [0.4, 0.5) is 68.2 Å². The Morgan fingerprint density at radius 1 is 0.143 bits per heavy atom. The zero-order valence-corrected chi connectivity index (χ0v) is 45.9. The van der Waals surface area contributed by atoms with E-state index < -0.39 is 0 Å². The lowest BCUT2D eigenvalue weighted by molar-refractivity contribution is 0.482. The number of benzene rings is 14. The van der Waals surface area contributed by atoms with Gasteiger partial charge in [-0.25, -0.2) is 0 Å². The summed E-state index contributed by atoms with van der Waals surface area (Å²) in [5.74, 6) is 2.90. The van der Waals surface area contributed by atoms with Gasteiger partial charge in [-0.2, -0.15) is 0 Å². The molecule has 0 atom stereocenters. The minimum atomic E-state index is 0.700. The Labute approximate surface area is 489 Å². The lowest BCUT2D eigenvalue weighted by Crippen LogP contribution is -2.14. The standard InChI is InChI=1S/C78H56N4O2/c1-9-27-57(28-10-1)79(58-29-11-2-12-30-58)65-49-67(53-71(51-65)83-69-39-21-7-22-40-69)81(61-35-17-5-18-36-61)63-45-47-75-73-43-25-26-44-74(73)76-48-46-64(56-78(76)77(75)55-63)82(62-37-19-6-20-38-62)68-50-66(52-72(54-68)84-70-41-23-8-24-42-70)80(59-31-13-3-14-32-59)60-33-15-4-16-34-60/h1-56H. The number of ether oxygens (including phenoxy) is 2. The molecule has 0 aliphatic rings. The summed E-state index contributed by atoms with van der Waals surface area (Å²) in [6.45, 7) is 0. The Balaban J connectivity index is 0.986. The summed E-state index contributed by atoms with van der Waals surface area (Å²) >= 11 is 0. The van der Waals surface area contributed by atoms with Crippen molar-refractivity contribution in [3.05, 3.63) is 340 Å². The average Bonchev–Trinajstić information content (AvgIpc) is 1.77. The summed E-state index contributed by atoms with van der Waals surface area (Å²) in [7, 11) is 0. The van der Waals surface area contributed by atoms with E-state index in [1.165, 1.54) is 10.8 Å². The van der Waals surface area contributed by atoms with Crippen molar-refractivity contribution < 1.29 is 9.47 Å². The van der Waals surface area contributed by atoms with Crippen molar-refractivity contribution in [2.75, 3.05) is 19.6 Å². The highest BCUT2D eigenvalue weighted by molar-refractivity contribution is 6.26. The van der Waals surface area contributed by atoms with Crippen molar-refractivity contribution in [2.24, 2.45) is 0 Å². The Morgan fingerprint density at radius 2 is 0.369 bits per heavy atom. The molecule has 0 bridgehead atoms. The van der Waals surface area contributed by atoms with Crippen LogP contribution < -0.4 is 29.1 Å². The van der Waals surface area contributed by atoms with Crippen molar-refractivity contribution in [3.8, 4) is 23.0 Å². The molecule has 0 spiro atoms. The van der Waals surface area contributed by atoms with Crippen molar-refractivity contribution in [1.82, 2.24) is 0 Å². The summed E-state index contributed by atoms with van der Waals surface area (Å²) in [5, 5.41) is 6.91. The molecule has 6 heteroatoms. The summed E-state index contributed by atoms with van der Waals surface area (Å²) in [6, 6.07) is 119. The number of hydrogen-bond donors (Lipinski definition) is 0. The lowest BCUT2D eigenvalue weighted by Gasteiger charge is -2.31. The maximum absolute atomic E-state index is 6.82. The van der Waals surface area contributed by atoms with E-state index in [1.54, 1.807) is 0 Å². The van der Waals surface area contributed by atoms with E-state index in [2.05, 4.69) is 299 Å². The fraction of sp³-hybridized carbons (Fsp3) is 0. The second-order valence-corrected chi connectivity index (χ2v) is 20.6. The maximum Gasteiger partial charge on any atom is 0.131 e. The molecule has 0 radical (unpaired) electrons. The molecule has 0 aromatic heterocycles. The van der Waals surface area contributed by atoms with Crippen LogP contribution in [-0.4, -0.2) is 0 Å². The van der Waals surface area contributed by atoms with E-state index >= 15 is 0 Å². The molecule has 0 saturated carbocycles. The third-order valence-corrected chi connectivity index (χ3v) is 15.1. The maximum atomic E-state index is 6.82. The summed E-state index contributed by atoms with van der Waals surface area (Å²) in [5.41, 5.74) is 11.8. The second-order valence-electron chi connectivity index (χ2n) is 20.6. The van der Waals surface area contributed by atoms with E-state index in [0.717, 1.165) is 101 Å². The quantitative estimate of drug-likeness (QED) is 0.0897. The van der Waals surface area contributed by atoms with Gasteiger partial charge in [0.15, 0.2) is 0 Å². The fourth-order valence-corrected chi connectivity index (χ4v) is 11.5. The van der Waals surface area contributed by atoms with Gasteiger partial charge in [0, 0.05) is 69.8 Å². The summed E-state index contributed by atoms with van der Waals surface area (Å²) in [6.07, 6.45) is 0. The number of fused-ring (bicyclic) bond motifs is 6. The van der Waals surface area contributed by atoms with Crippen LogP contribution >= 0.6 is 0 Å².